The quantitative estimate of drug-likeness (QED) is 0.677. The van der Waals surface area contributed by atoms with Crippen molar-refractivity contribution in [3.63, 3.8) is 0 Å². The second kappa shape index (κ2) is 5.59. The molecule has 4 nitrogen and oxygen atoms in total. The molecule has 0 bridgehead atoms. The van der Waals surface area contributed by atoms with Crippen LogP contribution in [0, 0.1) is 0 Å². The lowest BCUT2D eigenvalue weighted by molar-refractivity contribution is -0.00264. The Balaban J connectivity index is 1.94. The van der Waals surface area contributed by atoms with Crippen molar-refractivity contribution in [3.8, 4) is 0 Å². The summed E-state index contributed by atoms with van der Waals surface area (Å²) in [6.07, 6.45) is 2.15. The number of benzene rings is 1. The maximum absolute atomic E-state index is 11.8. The van der Waals surface area contributed by atoms with Gasteiger partial charge in [0.15, 0.2) is 0 Å². The van der Waals surface area contributed by atoms with Gasteiger partial charge in [0.25, 0.3) is 0 Å². The molecule has 1 aromatic carbocycles. The molecule has 1 aliphatic rings. The highest BCUT2D eigenvalue weighted by Crippen LogP contribution is 2.24. The largest absolute Gasteiger partial charge is 0.459 e. The minimum atomic E-state index is -0.463. The summed E-state index contributed by atoms with van der Waals surface area (Å²) in [5.41, 5.74) is 6.30. The fraction of sp³-hybridized carbons (Fsp3) is 0.462. The topological polar surface area (TPSA) is 61.5 Å². The van der Waals surface area contributed by atoms with E-state index in [1.807, 2.05) is 6.92 Å². The molecule has 1 fully saturated rings. The molecule has 0 aliphatic carbocycles. The number of esters is 1. The van der Waals surface area contributed by atoms with Crippen molar-refractivity contribution in [1.29, 1.82) is 0 Å². The third kappa shape index (κ3) is 2.94. The summed E-state index contributed by atoms with van der Waals surface area (Å²) >= 11 is 5.95. The molecule has 0 spiro atoms. The average Bonchev–Trinajstić information content (AvgIpc) is 2.76. The van der Waals surface area contributed by atoms with Gasteiger partial charge in [-0.15, -0.1) is 0 Å². The van der Waals surface area contributed by atoms with Gasteiger partial charge in [-0.05, 0) is 31.9 Å². The molecule has 0 aromatic heterocycles. The molecule has 0 radical (unpaired) electrons. The number of hydrogen-bond donors (Lipinski definition) is 1. The Morgan fingerprint density at radius 1 is 1.56 bits per heavy atom. The fourth-order valence-electron chi connectivity index (χ4n) is 1.96. The predicted molar refractivity (Wildman–Crippen MR) is 69.7 cm³/mol. The lowest BCUT2D eigenvalue weighted by atomic mass is 10.2. The summed E-state index contributed by atoms with van der Waals surface area (Å²) in [5.74, 6) is -0.463. The van der Waals surface area contributed by atoms with Crippen molar-refractivity contribution in [2.45, 2.75) is 32.0 Å². The molecular weight excluding hydrogens is 254 g/mol. The maximum atomic E-state index is 11.8. The van der Waals surface area contributed by atoms with Gasteiger partial charge in [-0.25, -0.2) is 4.79 Å². The van der Waals surface area contributed by atoms with Gasteiger partial charge in [-0.3, -0.25) is 0 Å². The zero-order chi connectivity index (χ0) is 13.1. The van der Waals surface area contributed by atoms with Crippen molar-refractivity contribution >= 4 is 23.3 Å². The number of nitrogens with two attached hydrogens (primary N) is 1. The monoisotopic (exact) mass is 269 g/mol. The van der Waals surface area contributed by atoms with Crippen molar-refractivity contribution in [2.24, 2.45) is 0 Å². The first-order chi connectivity index (χ1) is 8.58. The number of rotatable bonds is 3. The molecular formula is C13H16ClNO3. The van der Waals surface area contributed by atoms with Crippen LogP contribution in [0.5, 0.6) is 0 Å². The fourth-order valence-corrected chi connectivity index (χ4v) is 2.16. The maximum Gasteiger partial charge on any atom is 0.339 e. The van der Waals surface area contributed by atoms with E-state index in [0.717, 1.165) is 12.8 Å². The van der Waals surface area contributed by atoms with E-state index in [1.165, 1.54) is 0 Å². The number of halogens is 1. The van der Waals surface area contributed by atoms with Gasteiger partial charge in [0, 0.05) is 0 Å². The summed E-state index contributed by atoms with van der Waals surface area (Å²) in [6, 6.07) is 4.91. The molecule has 18 heavy (non-hydrogen) atoms. The molecule has 1 saturated heterocycles. The Labute approximate surface area is 111 Å². The number of hydrogen-bond acceptors (Lipinski definition) is 4. The zero-order valence-electron chi connectivity index (χ0n) is 10.2. The van der Waals surface area contributed by atoms with Gasteiger partial charge in [-0.2, -0.15) is 0 Å². The molecule has 1 heterocycles. The first kappa shape index (κ1) is 13.2. The SMILES string of the molecule is CC1CCC(COC(=O)c2cccc(N)c2Cl)O1. The minimum absolute atomic E-state index is 0.0104. The minimum Gasteiger partial charge on any atom is -0.459 e. The van der Waals surface area contributed by atoms with Crippen molar-refractivity contribution in [2.75, 3.05) is 12.3 Å². The van der Waals surface area contributed by atoms with Crippen LogP contribution in [0.3, 0.4) is 0 Å². The van der Waals surface area contributed by atoms with E-state index < -0.39 is 5.97 Å². The lowest BCUT2D eigenvalue weighted by Crippen LogP contribution is -2.19. The Hall–Kier alpha value is -1.26. The van der Waals surface area contributed by atoms with Gasteiger partial charge in [0.05, 0.1) is 28.5 Å². The van der Waals surface area contributed by atoms with Crippen LogP contribution in [-0.2, 0) is 9.47 Å². The normalized spacial score (nSPS) is 23.0. The molecule has 5 heteroatoms. The number of nitrogen functional groups attached to an aromatic ring is 1. The van der Waals surface area contributed by atoms with Crippen molar-refractivity contribution in [1.82, 2.24) is 0 Å². The van der Waals surface area contributed by atoms with Crippen LogP contribution >= 0.6 is 11.6 Å². The number of anilines is 1. The summed E-state index contributed by atoms with van der Waals surface area (Å²) < 4.78 is 10.8. The second-order valence-corrected chi connectivity index (χ2v) is 4.83. The first-order valence-corrected chi connectivity index (χ1v) is 6.32. The Morgan fingerprint density at radius 3 is 3.00 bits per heavy atom. The molecule has 2 rings (SSSR count). The van der Waals surface area contributed by atoms with Crippen molar-refractivity contribution < 1.29 is 14.3 Å². The Morgan fingerprint density at radius 2 is 2.33 bits per heavy atom. The van der Waals surface area contributed by atoms with E-state index >= 15 is 0 Å². The van der Waals surface area contributed by atoms with E-state index in [4.69, 9.17) is 26.8 Å². The summed E-state index contributed by atoms with van der Waals surface area (Å²) in [6.45, 7) is 2.27. The molecule has 1 aliphatic heterocycles. The highest BCUT2D eigenvalue weighted by atomic mass is 35.5. The average molecular weight is 270 g/mol. The molecule has 2 atom stereocenters. The van der Waals surface area contributed by atoms with E-state index in [9.17, 15) is 4.79 Å². The summed E-state index contributed by atoms with van der Waals surface area (Å²) in [7, 11) is 0. The van der Waals surface area contributed by atoms with Gasteiger partial charge in [0.1, 0.15) is 6.61 Å². The number of carbonyl (C=O) groups excluding carboxylic acids is 1. The van der Waals surface area contributed by atoms with Crippen molar-refractivity contribution in [3.05, 3.63) is 28.8 Å². The van der Waals surface area contributed by atoms with Crippen LogP contribution in [0.15, 0.2) is 18.2 Å². The third-order valence-corrected chi connectivity index (χ3v) is 3.39. The lowest BCUT2D eigenvalue weighted by Gasteiger charge is -2.12. The zero-order valence-corrected chi connectivity index (χ0v) is 10.9. The number of carbonyl (C=O) groups is 1. The molecule has 0 amide bonds. The van der Waals surface area contributed by atoms with E-state index in [-0.39, 0.29) is 23.8 Å². The van der Waals surface area contributed by atoms with E-state index in [0.29, 0.717) is 11.3 Å². The standard InChI is InChI=1S/C13H16ClNO3/c1-8-5-6-9(18-8)7-17-13(16)10-3-2-4-11(15)12(10)14/h2-4,8-9H,5-7,15H2,1H3. The highest BCUT2D eigenvalue weighted by Gasteiger charge is 2.23. The molecule has 2 N–H and O–H groups in total. The van der Waals surface area contributed by atoms with Gasteiger partial charge in [0.2, 0.25) is 0 Å². The summed E-state index contributed by atoms with van der Waals surface area (Å²) in [5, 5.41) is 0.239. The van der Waals surface area contributed by atoms with Crippen LogP contribution in [-0.4, -0.2) is 24.8 Å². The van der Waals surface area contributed by atoms with E-state index in [1.54, 1.807) is 18.2 Å². The predicted octanol–water partition coefficient (Wildman–Crippen LogP) is 2.65. The van der Waals surface area contributed by atoms with Crippen LogP contribution in [0.4, 0.5) is 5.69 Å². The van der Waals surface area contributed by atoms with Gasteiger partial charge < -0.3 is 15.2 Å². The smallest absolute Gasteiger partial charge is 0.339 e. The second-order valence-electron chi connectivity index (χ2n) is 4.45. The van der Waals surface area contributed by atoms with Crippen LogP contribution in [0.25, 0.3) is 0 Å². The van der Waals surface area contributed by atoms with Gasteiger partial charge in [-0.1, -0.05) is 17.7 Å². The molecule has 1 aromatic rings. The third-order valence-electron chi connectivity index (χ3n) is 2.97. The Bertz CT molecular complexity index is 450. The first-order valence-electron chi connectivity index (χ1n) is 5.94. The molecule has 98 valence electrons. The van der Waals surface area contributed by atoms with E-state index in [2.05, 4.69) is 0 Å². The molecule has 0 saturated carbocycles. The Kier molecular flexibility index (Phi) is 4.09. The van der Waals surface area contributed by atoms with Crippen LogP contribution in [0.1, 0.15) is 30.1 Å². The summed E-state index contributed by atoms with van der Waals surface area (Å²) in [4.78, 5) is 11.8. The van der Waals surface area contributed by atoms with Gasteiger partial charge >= 0.3 is 5.97 Å². The van der Waals surface area contributed by atoms with Crippen LogP contribution in [0.2, 0.25) is 5.02 Å². The molecule has 2 unspecified atom stereocenters. The number of ether oxygens (including phenoxy) is 2. The highest BCUT2D eigenvalue weighted by molar-refractivity contribution is 6.36. The van der Waals surface area contributed by atoms with Crippen LogP contribution < -0.4 is 5.73 Å².